The van der Waals surface area contributed by atoms with Crippen molar-refractivity contribution >= 4 is 23.4 Å². The molecule has 2 aromatic carbocycles. The van der Waals surface area contributed by atoms with E-state index in [1.165, 1.54) is 17.3 Å². The summed E-state index contributed by atoms with van der Waals surface area (Å²) in [7, 11) is 0. The van der Waals surface area contributed by atoms with Gasteiger partial charge in [-0.05, 0) is 30.5 Å². The molecule has 0 spiro atoms. The average molecular weight is 351 g/mol. The van der Waals surface area contributed by atoms with E-state index in [4.69, 9.17) is 0 Å². The summed E-state index contributed by atoms with van der Waals surface area (Å²) in [5.41, 5.74) is 5.29. The Kier molecular flexibility index (Phi) is 5.56. The van der Waals surface area contributed by atoms with E-state index in [9.17, 15) is 4.79 Å². The van der Waals surface area contributed by atoms with E-state index in [0.717, 1.165) is 34.1 Å². The molecule has 25 heavy (non-hydrogen) atoms. The molecule has 0 fully saturated rings. The van der Waals surface area contributed by atoms with E-state index in [1.54, 1.807) is 6.20 Å². The summed E-state index contributed by atoms with van der Waals surface area (Å²) in [6.45, 7) is 4.14. The van der Waals surface area contributed by atoms with Crippen molar-refractivity contribution in [1.29, 1.82) is 0 Å². The van der Waals surface area contributed by atoms with E-state index in [2.05, 4.69) is 53.4 Å². The molecular formula is C20H21N3OS. The third-order valence-electron chi connectivity index (χ3n) is 3.93. The van der Waals surface area contributed by atoms with Crippen molar-refractivity contribution in [3.8, 4) is 11.3 Å². The lowest BCUT2D eigenvalue weighted by atomic mass is 10.1. The predicted octanol–water partition coefficient (Wildman–Crippen LogP) is 4.68. The van der Waals surface area contributed by atoms with Crippen molar-refractivity contribution in [3.05, 3.63) is 65.9 Å². The second-order valence-corrected chi connectivity index (χ2v) is 6.78. The zero-order chi connectivity index (χ0) is 17.6. The summed E-state index contributed by atoms with van der Waals surface area (Å²) in [6, 6.07) is 16.1. The van der Waals surface area contributed by atoms with Crippen LogP contribution >= 0.6 is 11.8 Å². The number of nitrogens with one attached hydrogen (secondary N) is 2. The van der Waals surface area contributed by atoms with Gasteiger partial charge in [0.15, 0.2) is 5.16 Å². The SMILES string of the molecule is CCc1ccccc1NC(=O)CSc1ncc(-c2ccc(C)cc2)[nH]1. The maximum Gasteiger partial charge on any atom is 0.234 e. The number of aryl methyl sites for hydroxylation is 2. The number of carbonyl (C=O) groups excluding carboxylic acids is 1. The molecule has 0 unspecified atom stereocenters. The first-order chi connectivity index (χ1) is 12.2. The van der Waals surface area contributed by atoms with Crippen LogP contribution < -0.4 is 5.32 Å². The normalized spacial score (nSPS) is 10.6. The Bertz CT molecular complexity index is 855. The van der Waals surface area contributed by atoms with Crippen LogP contribution in [0.5, 0.6) is 0 Å². The molecule has 0 bridgehead atoms. The third kappa shape index (κ3) is 4.51. The van der Waals surface area contributed by atoms with Crippen molar-refractivity contribution in [2.24, 2.45) is 0 Å². The Hall–Kier alpha value is -2.53. The number of carbonyl (C=O) groups is 1. The predicted molar refractivity (Wildman–Crippen MR) is 104 cm³/mol. The molecule has 2 N–H and O–H groups in total. The van der Waals surface area contributed by atoms with E-state index >= 15 is 0 Å². The lowest BCUT2D eigenvalue weighted by Gasteiger charge is -2.08. The minimum absolute atomic E-state index is 0.0285. The topological polar surface area (TPSA) is 57.8 Å². The van der Waals surface area contributed by atoms with E-state index in [0.29, 0.717) is 5.75 Å². The minimum atomic E-state index is -0.0285. The summed E-state index contributed by atoms with van der Waals surface area (Å²) >= 11 is 1.40. The molecule has 3 rings (SSSR count). The highest BCUT2D eigenvalue weighted by Crippen LogP contribution is 2.22. The number of benzene rings is 2. The summed E-state index contributed by atoms with van der Waals surface area (Å²) in [5, 5.41) is 3.72. The Balaban J connectivity index is 1.58. The first-order valence-corrected chi connectivity index (χ1v) is 9.27. The molecule has 1 heterocycles. The number of hydrogen-bond acceptors (Lipinski definition) is 3. The quantitative estimate of drug-likeness (QED) is 0.634. The highest BCUT2D eigenvalue weighted by atomic mass is 32.2. The smallest absolute Gasteiger partial charge is 0.234 e. The number of thioether (sulfide) groups is 1. The number of para-hydroxylation sites is 1. The van der Waals surface area contributed by atoms with Gasteiger partial charge >= 0.3 is 0 Å². The largest absolute Gasteiger partial charge is 0.333 e. The summed E-state index contributed by atoms with van der Waals surface area (Å²) < 4.78 is 0. The number of anilines is 1. The highest BCUT2D eigenvalue weighted by Gasteiger charge is 2.09. The molecule has 5 heteroatoms. The number of aromatic nitrogens is 2. The molecule has 0 radical (unpaired) electrons. The maximum atomic E-state index is 12.2. The molecule has 128 valence electrons. The number of H-pyrrole nitrogens is 1. The molecule has 0 aliphatic rings. The molecule has 0 aliphatic carbocycles. The van der Waals surface area contributed by atoms with Crippen molar-refractivity contribution in [3.63, 3.8) is 0 Å². The van der Waals surface area contributed by atoms with Gasteiger partial charge in [-0.3, -0.25) is 4.79 Å². The summed E-state index contributed by atoms with van der Waals surface area (Å²) in [4.78, 5) is 19.8. The van der Waals surface area contributed by atoms with Gasteiger partial charge in [-0.2, -0.15) is 0 Å². The first kappa shape index (κ1) is 17.3. The van der Waals surface area contributed by atoms with Crippen LogP contribution in [0.2, 0.25) is 0 Å². The van der Waals surface area contributed by atoms with Gasteiger partial charge in [0.25, 0.3) is 0 Å². The fraction of sp³-hybridized carbons (Fsp3) is 0.200. The van der Waals surface area contributed by atoms with Crippen LogP contribution in [-0.2, 0) is 11.2 Å². The third-order valence-corrected chi connectivity index (χ3v) is 4.81. The van der Waals surface area contributed by atoms with Crippen LogP contribution in [0, 0.1) is 6.92 Å². The number of aromatic amines is 1. The Morgan fingerprint density at radius 2 is 1.92 bits per heavy atom. The first-order valence-electron chi connectivity index (χ1n) is 8.28. The Labute approximate surface area is 152 Å². The van der Waals surface area contributed by atoms with Crippen molar-refractivity contribution < 1.29 is 4.79 Å². The number of nitrogens with zero attached hydrogens (tertiary/aromatic N) is 1. The van der Waals surface area contributed by atoms with Gasteiger partial charge in [-0.1, -0.05) is 66.7 Å². The lowest BCUT2D eigenvalue weighted by Crippen LogP contribution is -2.15. The molecule has 4 nitrogen and oxygen atoms in total. The molecule has 1 amide bonds. The standard InChI is InChI=1S/C20H21N3OS/c1-3-15-6-4-5-7-17(15)22-19(24)13-25-20-21-12-18(23-20)16-10-8-14(2)9-11-16/h4-12H,3,13H2,1-2H3,(H,21,23)(H,22,24). The van der Waals surface area contributed by atoms with Crippen molar-refractivity contribution in [2.75, 3.05) is 11.1 Å². The number of imidazole rings is 1. The van der Waals surface area contributed by atoms with Crippen molar-refractivity contribution in [2.45, 2.75) is 25.4 Å². The van der Waals surface area contributed by atoms with Crippen LogP contribution in [0.1, 0.15) is 18.1 Å². The summed E-state index contributed by atoms with van der Waals surface area (Å²) in [5.74, 6) is 0.290. The molecule has 0 saturated carbocycles. The van der Waals surface area contributed by atoms with Gasteiger partial charge in [0.1, 0.15) is 0 Å². The zero-order valence-corrected chi connectivity index (χ0v) is 15.2. The average Bonchev–Trinajstić information content (AvgIpc) is 3.10. The van der Waals surface area contributed by atoms with Gasteiger partial charge < -0.3 is 10.3 Å². The molecule has 1 aromatic heterocycles. The molecule has 0 aliphatic heterocycles. The fourth-order valence-corrected chi connectivity index (χ4v) is 3.18. The lowest BCUT2D eigenvalue weighted by molar-refractivity contribution is -0.113. The van der Waals surface area contributed by atoms with Crippen LogP contribution in [0.4, 0.5) is 5.69 Å². The maximum absolute atomic E-state index is 12.2. The van der Waals surface area contributed by atoms with Crippen LogP contribution in [0.25, 0.3) is 11.3 Å². The van der Waals surface area contributed by atoms with Gasteiger partial charge in [-0.25, -0.2) is 4.98 Å². The fourth-order valence-electron chi connectivity index (χ4n) is 2.53. The second-order valence-electron chi connectivity index (χ2n) is 5.82. The number of amides is 1. The monoisotopic (exact) mass is 351 g/mol. The molecule has 0 atom stereocenters. The molecular weight excluding hydrogens is 330 g/mol. The Morgan fingerprint density at radius 1 is 1.16 bits per heavy atom. The second kappa shape index (κ2) is 8.03. The van der Waals surface area contributed by atoms with Gasteiger partial charge in [0.2, 0.25) is 5.91 Å². The van der Waals surface area contributed by atoms with E-state index in [1.807, 2.05) is 24.3 Å². The zero-order valence-electron chi connectivity index (χ0n) is 14.4. The van der Waals surface area contributed by atoms with E-state index in [-0.39, 0.29) is 5.91 Å². The van der Waals surface area contributed by atoms with Crippen LogP contribution in [0.3, 0.4) is 0 Å². The minimum Gasteiger partial charge on any atom is -0.333 e. The highest BCUT2D eigenvalue weighted by molar-refractivity contribution is 7.99. The van der Waals surface area contributed by atoms with Gasteiger partial charge in [0.05, 0.1) is 17.6 Å². The Morgan fingerprint density at radius 3 is 2.68 bits per heavy atom. The van der Waals surface area contributed by atoms with Crippen LogP contribution in [-0.4, -0.2) is 21.6 Å². The van der Waals surface area contributed by atoms with Crippen molar-refractivity contribution in [1.82, 2.24) is 9.97 Å². The number of hydrogen-bond donors (Lipinski definition) is 2. The number of rotatable bonds is 6. The van der Waals surface area contributed by atoms with E-state index < -0.39 is 0 Å². The molecule has 0 saturated heterocycles. The van der Waals surface area contributed by atoms with Gasteiger partial charge in [0, 0.05) is 5.69 Å². The van der Waals surface area contributed by atoms with Gasteiger partial charge in [-0.15, -0.1) is 0 Å². The molecule has 3 aromatic rings. The summed E-state index contributed by atoms with van der Waals surface area (Å²) in [6.07, 6.45) is 2.69. The van der Waals surface area contributed by atoms with Crippen LogP contribution in [0.15, 0.2) is 59.9 Å².